The van der Waals surface area contributed by atoms with Crippen LogP contribution in [0.1, 0.15) is 94.3 Å². The van der Waals surface area contributed by atoms with E-state index < -0.39 is 5.97 Å². The second-order valence-electron chi connectivity index (χ2n) is 7.14. The zero-order valence-corrected chi connectivity index (χ0v) is 17.8. The van der Waals surface area contributed by atoms with E-state index in [4.69, 9.17) is 17.3 Å². The lowest BCUT2D eigenvalue weighted by Gasteiger charge is -2.11. The standard InChI is InChI=1S/C22H34N2O3S/c1-2-3-4-5-6-7-8-9-10-11-12-17-20(25)24-22(28)23-19-16-14-13-15-18(19)21(26)27/h13-16H,2-12,17H2,1H3,(H,26,27)(H2,23,24,25,28). The summed E-state index contributed by atoms with van der Waals surface area (Å²) in [6.45, 7) is 2.24. The highest BCUT2D eigenvalue weighted by Crippen LogP contribution is 2.15. The molecular weight excluding hydrogens is 372 g/mol. The normalized spacial score (nSPS) is 10.5. The lowest BCUT2D eigenvalue weighted by molar-refractivity contribution is -0.119. The Morgan fingerprint density at radius 2 is 1.43 bits per heavy atom. The Hall–Kier alpha value is -1.95. The first-order valence-corrected chi connectivity index (χ1v) is 10.9. The summed E-state index contributed by atoms with van der Waals surface area (Å²) < 4.78 is 0. The van der Waals surface area contributed by atoms with E-state index in [1.165, 1.54) is 57.4 Å². The number of hydrogen-bond acceptors (Lipinski definition) is 3. The van der Waals surface area contributed by atoms with Crippen LogP contribution < -0.4 is 10.6 Å². The number of nitrogens with one attached hydrogen (secondary N) is 2. The number of carboxylic acids is 1. The van der Waals surface area contributed by atoms with Crippen LogP contribution in [0.4, 0.5) is 5.69 Å². The minimum atomic E-state index is -1.04. The molecule has 0 saturated carbocycles. The summed E-state index contributed by atoms with van der Waals surface area (Å²) in [4.78, 5) is 23.2. The molecule has 0 aromatic heterocycles. The van der Waals surface area contributed by atoms with Crippen molar-refractivity contribution in [1.29, 1.82) is 0 Å². The fourth-order valence-electron chi connectivity index (χ4n) is 3.07. The van der Waals surface area contributed by atoms with Gasteiger partial charge in [-0.2, -0.15) is 0 Å². The van der Waals surface area contributed by atoms with Crippen LogP contribution >= 0.6 is 12.2 Å². The molecule has 0 fully saturated rings. The zero-order valence-electron chi connectivity index (χ0n) is 17.0. The highest BCUT2D eigenvalue weighted by Gasteiger charge is 2.11. The van der Waals surface area contributed by atoms with E-state index in [-0.39, 0.29) is 16.6 Å². The van der Waals surface area contributed by atoms with Crippen LogP contribution in [0, 0.1) is 0 Å². The number of amides is 1. The molecule has 1 aromatic carbocycles. The average Bonchev–Trinajstić information content (AvgIpc) is 2.66. The van der Waals surface area contributed by atoms with Crippen molar-refractivity contribution < 1.29 is 14.7 Å². The minimum absolute atomic E-state index is 0.115. The molecule has 0 heterocycles. The first-order chi connectivity index (χ1) is 13.5. The lowest BCUT2D eigenvalue weighted by Crippen LogP contribution is -2.34. The SMILES string of the molecule is CCCCCCCCCCCCCC(=O)NC(=S)Nc1ccccc1C(=O)O. The number of hydrogen-bond donors (Lipinski definition) is 3. The summed E-state index contributed by atoms with van der Waals surface area (Å²) in [5.74, 6) is -1.18. The van der Waals surface area contributed by atoms with E-state index in [2.05, 4.69) is 17.6 Å². The predicted molar refractivity (Wildman–Crippen MR) is 119 cm³/mol. The van der Waals surface area contributed by atoms with Gasteiger partial charge in [0.2, 0.25) is 5.91 Å². The average molecular weight is 407 g/mol. The van der Waals surface area contributed by atoms with E-state index in [0.29, 0.717) is 12.1 Å². The van der Waals surface area contributed by atoms with Crippen molar-refractivity contribution in [3.8, 4) is 0 Å². The van der Waals surface area contributed by atoms with Crippen molar-refractivity contribution in [1.82, 2.24) is 5.32 Å². The van der Waals surface area contributed by atoms with E-state index in [1.807, 2.05) is 0 Å². The van der Waals surface area contributed by atoms with Crippen LogP contribution in [0.15, 0.2) is 24.3 Å². The Morgan fingerprint density at radius 3 is 2.00 bits per heavy atom. The van der Waals surface area contributed by atoms with Crippen molar-refractivity contribution >= 4 is 34.9 Å². The summed E-state index contributed by atoms with van der Waals surface area (Å²) in [5.41, 5.74) is 0.486. The fraction of sp³-hybridized carbons (Fsp3) is 0.591. The second-order valence-corrected chi connectivity index (χ2v) is 7.55. The van der Waals surface area contributed by atoms with Crippen molar-refractivity contribution in [2.24, 2.45) is 0 Å². The van der Waals surface area contributed by atoms with Gasteiger partial charge in [-0.15, -0.1) is 0 Å². The molecule has 5 nitrogen and oxygen atoms in total. The van der Waals surface area contributed by atoms with Crippen LogP contribution in [-0.4, -0.2) is 22.1 Å². The molecule has 156 valence electrons. The van der Waals surface area contributed by atoms with Crippen molar-refractivity contribution in [3.05, 3.63) is 29.8 Å². The van der Waals surface area contributed by atoms with E-state index in [0.717, 1.165) is 19.3 Å². The maximum Gasteiger partial charge on any atom is 0.337 e. The molecule has 0 aliphatic rings. The maximum atomic E-state index is 12.0. The molecule has 1 amide bonds. The first-order valence-electron chi connectivity index (χ1n) is 10.5. The summed E-state index contributed by atoms with van der Waals surface area (Å²) in [6, 6.07) is 6.46. The topological polar surface area (TPSA) is 78.4 Å². The van der Waals surface area contributed by atoms with Gasteiger partial charge in [0.15, 0.2) is 5.11 Å². The largest absolute Gasteiger partial charge is 0.478 e. The molecule has 0 unspecified atom stereocenters. The molecule has 28 heavy (non-hydrogen) atoms. The Labute approximate surface area is 174 Å². The van der Waals surface area contributed by atoms with Gasteiger partial charge in [0.05, 0.1) is 11.3 Å². The van der Waals surface area contributed by atoms with Gasteiger partial charge in [0.1, 0.15) is 0 Å². The van der Waals surface area contributed by atoms with Crippen LogP contribution in [0.25, 0.3) is 0 Å². The Kier molecular flexibility index (Phi) is 12.9. The smallest absolute Gasteiger partial charge is 0.337 e. The highest BCUT2D eigenvalue weighted by molar-refractivity contribution is 7.80. The van der Waals surface area contributed by atoms with Gasteiger partial charge in [0, 0.05) is 6.42 Å². The van der Waals surface area contributed by atoms with Crippen molar-refractivity contribution in [2.45, 2.75) is 84.0 Å². The maximum absolute atomic E-state index is 12.0. The number of unbranched alkanes of at least 4 members (excludes halogenated alkanes) is 10. The third-order valence-corrected chi connectivity index (χ3v) is 4.87. The summed E-state index contributed by atoms with van der Waals surface area (Å²) >= 11 is 5.11. The van der Waals surface area contributed by atoms with Crippen LogP contribution in [0.3, 0.4) is 0 Å². The van der Waals surface area contributed by atoms with Gasteiger partial charge in [-0.3, -0.25) is 4.79 Å². The molecule has 0 bridgehead atoms. The van der Waals surface area contributed by atoms with Gasteiger partial charge < -0.3 is 15.7 Å². The third-order valence-electron chi connectivity index (χ3n) is 4.67. The molecule has 0 aliphatic carbocycles. The summed E-state index contributed by atoms with van der Waals surface area (Å²) in [5, 5.41) is 14.7. The van der Waals surface area contributed by atoms with Crippen LogP contribution in [0.2, 0.25) is 0 Å². The molecule has 0 aliphatic heterocycles. The van der Waals surface area contributed by atoms with Gasteiger partial charge in [-0.05, 0) is 30.8 Å². The molecule has 3 N–H and O–H groups in total. The first kappa shape index (κ1) is 24.1. The number of rotatable bonds is 14. The third kappa shape index (κ3) is 11.0. The van der Waals surface area contributed by atoms with E-state index in [9.17, 15) is 9.59 Å². The number of para-hydroxylation sites is 1. The van der Waals surface area contributed by atoms with E-state index >= 15 is 0 Å². The molecule has 6 heteroatoms. The second kappa shape index (κ2) is 15.0. The van der Waals surface area contributed by atoms with Crippen molar-refractivity contribution in [3.63, 3.8) is 0 Å². The zero-order chi connectivity index (χ0) is 20.6. The fourth-order valence-corrected chi connectivity index (χ4v) is 3.29. The highest BCUT2D eigenvalue weighted by atomic mass is 32.1. The molecule has 0 saturated heterocycles. The van der Waals surface area contributed by atoms with Crippen molar-refractivity contribution in [2.75, 3.05) is 5.32 Å². The monoisotopic (exact) mass is 406 g/mol. The molecule has 0 radical (unpaired) electrons. The van der Waals surface area contributed by atoms with E-state index in [1.54, 1.807) is 18.2 Å². The molecule has 0 atom stereocenters. The van der Waals surface area contributed by atoms with Crippen LogP contribution in [0.5, 0.6) is 0 Å². The Bertz CT molecular complexity index is 620. The molecule has 1 rings (SSSR count). The van der Waals surface area contributed by atoms with Gasteiger partial charge in [-0.1, -0.05) is 83.3 Å². The summed E-state index contributed by atoms with van der Waals surface area (Å²) in [7, 11) is 0. The minimum Gasteiger partial charge on any atom is -0.478 e. The van der Waals surface area contributed by atoms with Gasteiger partial charge >= 0.3 is 5.97 Å². The number of aromatic carboxylic acids is 1. The number of benzene rings is 1. The number of anilines is 1. The van der Waals surface area contributed by atoms with Gasteiger partial charge in [0.25, 0.3) is 0 Å². The number of carbonyl (C=O) groups excluding carboxylic acids is 1. The molecule has 0 spiro atoms. The Morgan fingerprint density at radius 1 is 0.893 bits per heavy atom. The van der Waals surface area contributed by atoms with Crippen LogP contribution in [-0.2, 0) is 4.79 Å². The number of thiocarbonyl (C=S) groups is 1. The quantitative estimate of drug-likeness (QED) is 0.265. The van der Waals surface area contributed by atoms with Gasteiger partial charge in [-0.25, -0.2) is 4.79 Å². The number of carbonyl (C=O) groups is 2. The molecule has 1 aromatic rings. The predicted octanol–water partition coefficient (Wildman–Crippen LogP) is 5.90. The summed E-state index contributed by atoms with van der Waals surface area (Å²) in [6.07, 6.45) is 14.1. The molecular formula is C22H34N2O3S. The number of carboxylic acid groups (broad SMARTS) is 1. The lowest BCUT2D eigenvalue weighted by atomic mass is 10.1. The Balaban J connectivity index is 2.09.